The van der Waals surface area contributed by atoms with E-state index in [4.69, 9.17) is 11.6 Å². The molecular weight excluding hydrogens is 308 g/mol. The van der Waals surface area contributed by atoms with Gasteiger partial charge in [-0.1, -0.05) is 41.9 Å². The summed E-state index contributed by atoms with van der Waals surface area (Å²) in [5.74, 6) is -0.0840. The van der Waals surface area contributed by atoms with Gasteiger partial charge in [0.2, 0.25) is 0 Å². The number of carbonyl (C=O) groups excluding carboxylic acids is 1. The lowest BCUT2D eigenvalue weighted by Gasteiger charge is -2.23. The molecule has 0 aliphatic carbocycles. The second-order valence-corrected chi connectivity index (χ2v) is 5.53. The smallest absolute Gasteiger partial charge is 0.260 e. The lowest BCUT2D eigenvalue weighted by Crippen LogP contribution is -2.30. The van der Waals surface area contributed by atoms with E-state index in [2.05, 4.69) is 4.98 Å². The molecule has 0 unspecified atom stereocenters. The zero-order valence-electron chi connectivity index (χ0n) is 12.4. The molecule has 0 bridgehead atoms. The van der Waals surface area contributed by atoms with Gasteiger partial charge in [-0.15, -0.1) is 0 Å². The molecule has 114 valence electrons. The van der Waals surface area contributed by atoms with Crippen molar-refractivity contribution in [2.24, 2.45) is 0 Å². The zero-order chi connectivity index (χ0) is 16.1. The molecule has 1 aromatic heterocycles. The summed E-state index contributed by atoms with van der Waals surface area (Å²) >= 11 is 5.93. The number of rotatable bonds is 4. The Hall–Kier alpha value is -2.65. The predicted octanol–water partition coefficient (Wildman–Crippen LogP) is 4.58. The van der Waals surface area contributed by atoms with E-state index in [1.807, 2.05) is 54.6 Å². The summed E-state index contributed by atoms with van der Waals surface area (Å²) in [7, 11) is 0. The van der Waals surface area contributed by atoms with Gasteiger partial charge in [-0.3, -0.25) is 9.78 Å². The number of amides is 1. The monoisotopic (exact) mass is 322 g/mol. The number of halogens is 1. The first-order valence-corrected chi connectivity index (χ1v) is 7.63. The van der Waals surface area contributed by atoms with Crippen LogP contribution in [0.1, 0.15) is 15.9 Å². The number of hydrogen-bond donors (Lipinski definition) is 0. The van der Waals surface area contributed by atoms with Crippen LogP contribution in [0.5, 0.6) is 0 Å². The van der Waals surface area contributed by atoms with Crippen LogP contribution in [0.4, 0.5) is 5.69 Å². The van der Waals surface area contributed by atoms with E-state index < -0.39 is 0 Å². The maximum atomic E-state index is 12.9. The van der Waals surface area contributed by atoms with E-state index in [-0.39, 0.29) is 5.91 Å². The molecule has 0 aliphatic rings. The summed E-state index contributed by atoms with van der Waals surface area (Å²) in [6.07, 6.45) is 3.24. The van der Waals surface area contributed by atoms with E-state index in [9.17, 15) is 4.79 Å². The molecule has 3 rings (SSSR count). The highest BCUT2D eigenvalue weighted by molar-refractivity contribution is 6.30. The summed E-state index contributed by atoms with van der Waals surface area (Å²) < 4.78 is 0. The summed E-state index contributed by atoms with van der Waals surface area (Å²) in [5.41, 5.74) is 2.41. The van der Waals surface area contributed by atoms with Crippen LogP contribution in [0, 0.1) is 0 Å². The molecule has 0 atom stereocenters. The van der Waals surface area contributed by atoms with Crippen LogP contribution in [0.3, 0.4) is 0 Å². The van der Waals surface area contributed by atoms with Crippen LogP contribution < -0.4 is 4.90 Å². The Bertz CT molecular complexity index is 773. The molecule has 0 radical (unpaired) electrons. The highest BCUT2D eigenvalue weighted by Gasteiger charge is 2.18. The van der Waals surface area contributed by atoms with Crippen LogP contribution in [-0.4, -0.2) is 10.9 Å². The molecule has 4 heteroatoms. The van der Waals surface area contributed by atoms with E-state index >= 15 is 0 Å². The van der Waals surface area contributed by atoms with Crippen molar-refractivity contribution in [3.05, 3.63) is 95.3 Å². The molecule has 0 spiro atoms. The first-order chi connectivity index (χ1) is 11.2. The summed E-state index contributed by atoms with van der Waals surface area (Å²) in [6.45, 7) is 0.467. The van der Waals surface area contributed by atoms with Crippen molar-refractivity contribution in [2.75, 3.05) is 4.90 Å². The molecule has 0 N–H and O–H groups in total. The fourth-order valence-electron chi connectivity index (χ4n) is 2.31. The van der Waals surface area contributed by atoms with Crippen LogP contribution >= 0.6 is 11.6 Å². The van der Waals surface area contributed by atoms with Crippen molar-refractivity contribution >= 4 is 23.2 Å². The van der Waals surface area contributed by atoms with Crippen LogP contribution in [0.2, 0.25) is 5.02 Å². The number of nitrogens with zero attached hydrogens (tertiary/aromatic N) is 2. The Morgan fingerprint density at radius 2 is 1.70 bits per heavy atom. The highest BCUT2D eigenvalue weighted by Crippen LogP contribution is 2.20. The Balaban J connectivity index is 1.94. The van der Waals surface area contributed by atoms with Crippen molar-refractivity contribution in [2.45, 2.75) is 6.54 Å². The molecule has 0 saturated carbocycles. The van der Waals surface area contributed by atoms with Gasteiger partial charge in [0.1, 0.15) is 0 Å². The van der Waals surface area contributed by atoms with Gasteiger partial charge in [-0.25, -0.2) is 0 Å². The van der Waals surface area contributed by atoms with Gasteiger partial charge in [-0.2, -0.15) is 0 Å². The van der Waals surface area contributed by atoms with Gasteiger partial charge >= 0.3 is 0 Å². The number of carbonyl (C=O) groups is 1. The minimum Gasteiger partial charge on any atom is -0.304 e. The molecule has 3 aromatic rings. The molecule has 2 aromatic carbocycles. The van der Waals surface area contributed by atoms with Crippen LogP contribution in [0.15, 0.2) is 79.1 Å². The number of anilines is 1. The first kappa shape index (κ1) is 15.3. The minimum atomic E-state index is -0.0840. The molecule has 0 aliphatic heterocycles. The summed E-state index contributed by atoms with van der Waals surface area (Å²) in [5, 5.41) is 0.679. The van der Waals surface area contributed by atoms with Gasteiger partial charge in [0.25, 0.3) is 5.91 Å². The number of para-hydroxylation sites is 1. The van der Waals surface area contributed by atoms with E-state index in [1.54, 1.807) is 29.4 Å². The van der Waals surface area contributed by atoms with Gasteiger partial charge in [-0.05, 0) is 42.0 Å². The summed E-state index contributed by atoms with van der Waals surface area (Å²) in [4.78, 5) is 18.6. The number of aromatic nitrogens is 1. The van der Waals surface area contributed by atoms with Crippen molar-refractivity contribution in [1.82, 2.24) is 4.98 Å². The Kier molecular flexibility index (Phi) is 4.69. The third-order valence-electron chi connectivity index (χ3n) is 3.48. The standard InChI is InChI=1S/C19H15ClN2O/c20-17-10-8-15(9-11-17)14-22(18-6-2-1-3-7-18)19(23)16-5-4-12-21-13-16/h1-13H,14H2. The maximum absolute atomic E-state index is 12.9. The van der Waals surface area contributed by atoms with Gasteiger partial charge in [0.05, 0.1) is 12.1 Å². The lowest BCUT2D eigenvalue weighted by atomic mass is 10.1. The van der Waals surface area contributed by atoms with Crippen molar-refractivity contribution in [3.8, 4) is 0 Å². The fourth-order valence-corrected chi connectivity index (χ4v) is 2.43. The average molecular weight is 323 g/mol. The predicted molar refractivity (Wildman–Crippen MR) is 92.6 cm³/mol. The summed E-state index contributed by atoms with van der Waals surface area (Å²) in [6, 6.07) is 20.6. The Morgan fingerprint density at radius 3 is 2.35 bits per heavy atom. The molecule has 23 heavy (non-hydrogen) atoms. The minimum absolute atomic E-state index is 0.0840. The van der Waals surface area contributed by atoms with E-state index in [0.717, 1.165) is 11.3 Å². The van der Waals surface area contributed by atoms with E-state index in [1.165, 1.54) is 0 Å². The normalized spacial score (nSPS) is 10.3. The number of pyridine rings is 1. The van der Waals surface area contributed by atoms with Crippen LogP contribution in [-0.2, 0) is 6.54 Å². The third-order valence-corrected chi connectivity index (χ3v) is 3.73. The molecule has 0 fully saturated rings. The molecule has 0 saturated heterocycles. The average Bonchev–Trinajstić information content (AvgIpc) is 2.62. The van der Waals surface area contributed by atoms with Crippen molar-refractivity contribution in [1.29, 1.82) is 0 Å². The van der Waals surface area contributed by atoms with E-state index in [0.29, 0.717) is 17.1 Å². The Labute approximate surface area is 140 Å². The zero-order valence-corrected chi connectivity index (χ0v) is 13.1. The quantitative estimate of drug-likeness (QED) is 0.704. The SMILES string of the molecule is O=C(c1cccnc1)N(Cc1ccc(Cl)cc1)c1ccccc1. The van der Waals surface area contributed by atoms with Crippen LogP contribution in [0.25, 0.3) is 0 Å². The van der Waals surface area contributed by atoms with Gasteiger partial charge in [0, 0.05) is 23.1 Å². The van der Waals surface area contributed by atoms with Crippen molar-refractivity contribution in [3.63, 3.8) is 0 Å². The van der Waals surface area contributed by atoms with Crippen molar-refractivity contribution < 1.29 is 4.79 Å². The fraction of sp³-hybridized carbons (Fsp3) is 0.0526. The van der Waals surface area contributed by atoms with Gasteiger partial charge in [0.15, 0.2) is 0 Å². The topological polar surface area (TPSA) is 33.2 Å². The Morgan fingerprint density at radius 1 is 0.957 bits per heavy atom. The highest BCUT2D eigenvalue weighted by atomic mass is 35.5. The second kappa shape index (κ2) is 7.07. The molecule has 3 nitrogen and oxygen atoms in total. The number of hydrogen-bond acceptors (Lipinski definition) is 2. The molecule has 1 amide bonds. The number of benzene rings is 2. The lowest BCUT2D eigenvalue weighted by molar-refractivity contribution is 0.0985. The maximum Gasteiger partial charge on any atom is 0.260 e. The molecular formula is C19H15ClN2O. The first-order valence-electron chi connectivity index (χ1n) is 7.25. The molecule has 1 heterocycles. The largest absolute Gasteiger partial charge is 0.304 e. The van der Waals surface area contributed by atoms with Gasteiger partial charge < -0.3 is 4.90 Å². The second-order valence-electron chi connectivity index (χ2n) is 5.10. The third kappa shape index (κ3) is 3.76.